The number of guanidine groups is 1. The number of benzene rings is 3. The SMILES string of the molecule is Cc1ccccc1C(C)c1c(F)ccc2c1NC(=NCc1cccc(F)c1)NS2. The zero-order valence-electron chi connectivity index (χ0n) is 16.2. The number of halogens is 2. The van der Waals surface area contributed by atoms with E-state index in [1.807, 2.05) is 44.2 Å². The number of aryl methyl sites for hydroxylation is 1. The average molecular weight is 410 g/mol. The van der Waals surface area contributed by atoms with Gasteiger partial charge >= 0.3 is 0 Å². The van der Waals surface area contributed by atoms with Crippen molar-refractivity contribution in [2.75, 3.05) is 5.32 Å². The van der Waals surface area contributed by atoms with Gasteiger partial charge in [0, 0.05) is 11.5 Å². The van der Waals surface area contributed by atoms with E-state index in [2.05, 4.69) is 15.0 Å². The van der Waals surface area contributed by atoms with E-state index in [-0.39, 0.29) is 17.6 Å². The molecule has 0 amide bonds. The number of anilines is 1. The standard InChI is InChI=1S/C23H21F2N3S/c1-14-6-3-4-9-18(14)15(2)21-19(25)10-11-20-22(21)27-23(28-29-20)26-13-16-7-5-8-17(24)12-16/h3-12,15H,13H2,1-2H3,(H2,26,27,28). The van der Waals surface area contributed by atoms with Crippen molar-refractivity contribution in [2.24, 2.45) is 4.99 Å². The van der Waals surface area contributed by atoms with E-state index in [0.29, 0.717) is 18.1 Å². The second-order valence-electron chi connectivity index (χ2n) is 7.04. The fourth-order valence-electron chi connectivity index (χ4n) is 3.56. The van der Waals surface area contributed by atoms with Crippen LogP contribution < -0.4 is 10.0 Å². The summed E-state index contributed by atoms with van der Waals surface area (Å²) in [4.78, 5) is 5.41. The lowest BCUT2D eigenvalue weighted by Crippen LogP contribution is -2.30. The van der Waals surface area contributed by atoms with E-state index in [4.69, 9.17) is 0 Å². The lowest BCUT2D eigenvalue weighted by molar-refractivity contribution is 0.602. The molecule has 0 aliphatic carbocycles. The molecule has 0 radical (unpaired) electrons. The van der Waals surface area contributed by atoms with E-state index in [1.54, 1.807) is 12.1 Å². The Kier molecular flexibility index (Phi) is 5.53. The van der Waals surface area contributed by atoms with Gasteiger partial charge in [-0.05, 0) is 59.8 Å². The summed E-state index contributed by atoms with van der Waals surface area (Å²) in [5.41, 5.74) is 4.32. The van der Waals surface area contributed by atoms with Crippen LogP contribution in [0.3, 0.4) is 0 Å². The molecule has 3 aromatic rings. The first-order chi connectivity index (χ1) is 14.0. The molecular weight excluding hydrogens is 388 g/mol. The van der Waals surface area contributed by atoms with Crippen molar-refractivity contribution >= 4 is 23.6 Å². The largest absolute Gasteiger partial charge is 0.324 e. The topological polar surface area (TPSA) is 36.4 Å². The third-order valence-electron chi connectivity index (χ3n) is 5.05. The van der Waals surface area contributed by atoms with E-state index in [0.717, 1.165) is 27.3 Å². The summed E-state index contributed by atoms with van der Waals surface area (Å²) >= 11 is 1.39. The van der Waals surface area contributed by atoms with Crippen LogP contribution in [0.2, 0.25) is 0 Å². The molecule has 148 valence electrons. The van der Waals surface area contributed by atoms with Gasteiger partial charge in [0.15, 0.2) is 0 Å². The lowest BCUT2D eigenvalue weighted by Gasteiger charge is -2.26. The monoisotopic (exact) mass is 409 g/mol. The number of fused-ring (bicyclic) bond motifs is 1. The van der Waals surface area contributed by atoms with Crippen LogP contribution in [0.15, 0.2) is 70.6 Å². The van der Waals surface area contributed by atoms with Crippen LogP contribution in [0, 0.1) is 18.6 Å². The minimum absolute atomic E-state index is 0.123. The second-order valence-corrected chi connectivity index (χ2v) is 7.88. The Morgan fingerprint density at radius 1 is 1.03 bits per heavy atom. The summed E-state index contributed by atoms with van der Waals surface area (Å²) < 4.78 is 31.4. The smallest absolute Gasteiger partial charge is 0.206 e. The van der Waals surface area contributed by atoms with Crippen LogP contribution in [0.25, 0.3) is 0 Å². The maximum Gasteiger partial charge on any atom is 0.206 e. The Labute approximate surface area is 173 Å². The van der Waals surface area contributed by atoms with Crippen molar-refractivity contribution in [3.63, 3.8) is 0 Å². The molecule has 1 unspecified atom stereocenters. The molecule has 6 heteroatoms. The van der Waals surface area contributed by atoms with Crippen molar-refractivity contribution in [1.29, 1.82) is 0 Å². The number of nitrogens with one attached hydrogen (secondary N) is 2. The van der Waals surface area contributed by atoms with Gasteiger partial charge in [0.25, 0.3) is 0 Å². The third-order valence-corrected chi connectivity index (χ3v) is 5.91. The molecule has 1 aliphatic rings. The Balaban J connectivity index is 1.66. The molecule has 2 N–H and O–H groups in total. The number of nitrogens with zero attached hydrogens (tertiary/aromatic N) is 1. The van der Waals surface area contributed by atoms with Crippen molar-refractivity contribution in [1.82, 2.24) is 4.72 Å². The molecule has 0 fully saturated rings. The predicted octanol–water partition coefficient (Wildman–Crippen LogP) is 6.00. The van der Waals surface area contributed by atoms with Gasteiger partial charge in [-0.1, -0.05) is 43.3 Å². The van der Waals surface area contributed by atoms with E-state index >= 15 is 0 Å². The van der Waals surface area contributed by atoms with E-state index < -0.39 is 0 Å². The Morgan fingerprint density at radius 2 is 1.86 bits per heavy atom. The van der Waals surface area contributed by atoms with Crippen molar-refractivity contribution in [2.45, 2.75) is 31.2 Å². The quantitative estimate of drug-likeness (QED) is 0.519. The number of rotatable bonds is 4. The van der Waals surface area contributed by atoms with E-state index in [9.17, 15) is 8.78 Å². The maximum atomic E-state index is 14.9. The summed E-state index contributed by atoms with van der Waals surface area (Å²) in [5.74, 6) is -0.139. The predicted molar refractivity (Wildman–Crippen MR) is 115 cm³/mol. The Morgan fingerprint density at radius 3 is 2.66 bits per heavy atom. The first-order valence-electron chi connectivity index (χ1n) is 9.39. The molecule has 1 heterocycles. The first kappa shape index (κ1) is 19.5. The molecule has 0 aromatic heterocycles. The highest BCUT2D eigenvalue weighted by atomic mass is 32.2. The highest BCUT2D eigenvalue weighted by Crippen LogP contribution is 2.40. The van der Waals surface area contributed by atoms with Crippen LogP contribution in [-0.2, 0) is 6.54 Å². The molecule has 0 spiro atoms. The van der Waals surface area contributed by atoms with Crippen molar-refractivity contribution in [3.05, 3.63) is 94.6 Å². The summed E-state index contributed by atoms with van der Waals surface area (Å²) in [6.45, 7) is 4.37. The highest BCUT2D eigenvalue weighted by molar-refractivity contribution is 7.98. The number of hydrogen-bond donors (Lipinski definition) is 2. The molecule has 1 aliphatic heterocycles. The minimum atomic E-state index is -0.289. The van der Waals surface area contributed by atoms with Crippen LogP contribution in [0.4, 0.5) is 14.5 Å². The van der Waals surface area contributed by atoms with Crippen LogP contribution >= 0.6 is 11.9 Å². The second kappa shape index (κ2) is 8.25. The zero-order valence-corrected chi connectivity index (χ0v) is 17.0. The van der Waals surface area contributed by atoms with Gasteiger partial charge in [0.2, 0.25) is 5.96 Å². The Bertz CT molecular complexity index is 1080. The number of hydrogen-bond acceptors (Lipinski definition) is 2. The summed E-state index contributed by atoms with van der Waals surface area (Å²) in [6.07, 6.45) is 0. The van der Waals surface area contributed by atoms with E-state index in [1.165, 1.54) is 30.1 Å². The van der Waals surface area contributed by atoms with Crippen molar-refractivity contribution in [3.8, 4) is 0 Å². The van der Waals surface area contributed by atoms with Gasteiger partial charge in [-0.2, -0.15) is 0 Å². The number of aliphatic imine (C=N–C) groups is 1. The molecule has 29 heavy (non-hydrogen) atoms. The third kappa shape index (κ3) is 4.12. The lowest BCUT2D eigenvalue weighted by atomic mass is 9.88. The Hall–Kier alpha value is -2.86. The van der Waals surface area contributed by atoms with Crippen molar-refractivity contribution < 1.29 is 8.78 Å². The van der Waals surface area contributed by atoms with Gasteiger partial charge in [0.05, 0.1) is 17.1 Å². The minimum Gasteiger partial charge on any atom is -0.324 e. The summed E-state index contributed by atoms with van der Waals surface area (Å²) in [5, 5.41) is 3.25. The van der Waals surface area contributed by atoms with Gasteiger partial charge in [-0.3, -0.25) is 4.72 Å². The first-order valence-corrected chi connectivity index (χ1v) is 10.2. The fourth-order valence-corrected chi connectivity index (χ4v) is 4.29. The molecular formula is C23H21F2N3S. The van der Waals surface area contributed by atoms with Gasteiger partial charge < -0.3 is 5.32 Å². The maximum absolute atomic E-state index is 14.9. The van der Waals surface area contributed by atoms with Crippen LogP contribution in [0.1, 0.15) is 35.1 Å². The molecule has 1 atom stereocenters. The molecule has 0 bridgehead atoms. The fraction of sp³-hybridized carbons (Fsp3) is 0.174. The normalized spacial score (nSPS) is 15.4. The average Bonchev–Trinajstić information content (AvgIpc) is 2.72. The zero-order chi connectivity index (χ0) is 20.4. The molecule has 0 saturated carbocycles. The van der Waals surface area contributed by atoms with Gasteiger partial charge in [0.1, 0.15) is 11.6 Å². The van der Waals surface area contributed by atoms with Crippen LogP contribution in [-0.4, -0.2) is 5.96 Å². The molecule has 0 saturated heterocycles. The molecule has 3 aromatic carbocycles. The molecule has 4 rings (SSSR count). The molecule has 3 nitrogen and oxygen atoms in total. The van der Waals surface area contributed by atoms with Gasteiger partial charge in [-0.15, -0.1) is 0 Å². The van der Waals surface area contributed by atoms with Crippen LogP contribution in [0.5, 0.6) is 0 Å². The van der Waals surface area contributed by atoms with Gasteiger partial charge in [-0.25, -0.2) is 13.8 Å². The summed E-state index contributed by atoms with van der Waals surface area (Å²) in [6, 6.07) is 17.6. The highest BCUT2D eigenvalue weighted by Gasteiger charge is 2.25. The summed E-state index contributed by atoms with van der Waals surface area (Å²) in [7, 11) is 0.